The highest BCUT2D eigenvalue weighted by Gasteiger charge is 2.10. The zero-order valence-electron chi connectivity index (χ0n) is 9.01. The fraction of sp³-hybridized carbons (Fsp3) is 0.250. The van der Waals surface area contributed by atoms with E-state index in [1.807, 2.05) is 6.92 Å². The number of benzene rings is 1. The van der Waals surface area contributed by atoms with Gasteiger partial charge in [-0.05, 0) is 24.6 Å². The molecule has 3 nitrogen and oxygen atoms in total. The van der Waals surface area contributed by atoms with Gasteiger partial charge >= 0.3 is 0 Å². The lowest BCUT2D eigenvalue weighted by Crippen LogP contribution is -2.24. The van der Waals surface area contributed by atoms with Crippen LogP contribution < -0.4 is 5.32 Å². The average molecular weight is 220 g/mol. The summed E-state index contributed by atoms with van der Waals surface area (Å²) in [6.07, 6.45) is 0.875. The first-order valence-corrected chi connectivity index (χ1v) is 5.28. The molecular formula is C12H13FN2O. The van der Waals surface area contributed by atoms with Gasteiger partial charge in [-0.2, -0.15) is 0 Å². The van der Waals surface area contributed by atoms with Crippen molar-refractivity contribution in [2.45, 2.75) is 13.3 Å². The Morgan fingerprint density at radius 3 is 3.00 bits per heavy atom. The third-order valence-corrected chi connectivity index (χ3v) is 2.39. The van der Waals surface area contributed by atoms with E-state index in [9.17, 15) is 9.18 Å². The Balaban J connectivity index is 2.32. The largest absolute Gasteiger partial charge is 0.351 e. The molecule has 1 heterocycles. The first-order valence-electron chi connectivity index (χ1n) is 5.28. The van der Waals surface area contributed by atoms with Gasteiger partial charge in [0, 0.05) is 17.4 Å². The number of amides is 1. The molecular weight excluding hydrogens is 207 g/mol. The lowest BCUT2D eigenvalue weighted by molar-refractivity contribution is 0.0949. The summed E-state index contributed by atoms with van der Waals surface area (Å²) in [7, 11) is 0. The molecule has 16 heavy (non-hydrogen) atoms. The van der Waals surface area contributed by atoms with Crippen LogP contribution in [-0.2, 0) is 0 Å². The topological polar surface area (TPSA) is 44.9 Å². The number of hydrogen-bond acceptors (Lipinski definition) is 1. The van der Waals surface area contributed by atoms with E-state index in [1.165, 1.54) is 12.1 Å². The van der Waals surface area contributed by atoms with Crippen LogP contribution in [0.4, 0.5) is 4.39 Å². The third kappa shape index (κ3) is 1.91. The average Bonchev–Trinajstić information content (AvgIpc) is 2.71. The zero-order valence-corrected chi connectivity index (χ0v) is 9.01. The van der Waals surface area contributed by atoms with E-state index in [1.54, 1.807) is 12.1 Å². The summed E-state index contributed by atoms with van der Waals surface area (Å²) >= 11 is 0. The molecule has 0 bridgehead atoms. The van der Waals surface area contributed by atoms with Crippen LogP contribution in [0.1, 0.15) is 23.8 Å². The van der Waals surface area contributed by atoms with Gasteiger partial charge in [-0.3, -0.25) is 4.79 Å². The molecule has 0 saturated heterocycles. The van der Waals surface area contributed by atoms with Crippen molar-refractivity contribution in [2.75, 3.05) is 6.54 Å². The van der Waals surface area contributed by atoms with Crippen LogP contribution >= 0.6 is 0 Å². The SMILES string of the molecule is CCCNC(=O)c1cc2c(F)cccc2[nH]1. The number of fused-ring (bicyclic) bond motifs is 1. The zero-order chi connectivity index (χ0) is 11.5. The molecule has 4 heteroatoms. The molecule has 2 N–H and O–H groups in total. The van der Waals surface area contributed by atoms with Crippen LogP contribution in [-0.4, -0.2) is 17.4 Å². The Bertz CT molecular complexity index is 519. The predicted molar refractivity (Wildman–Crippen MR) is 60.9 cm³/mol. The Morgan fingerprint density at radius 2 is 2.31 bits per heavy atom. The summed E-state index contributed by atoms with van der Waals surface area (Å²) in [6.45, 7) is 2.60. The Kier molecular flexibility index (Phi) is 2.90. The minimum absolute atomic E-state index is 0.197. The molecule has 1 amide bonds. The minimum atomic E-state index is -0.316. The first-order chi connectivity index (χ1) is 7.72. The van der Waals surface area contributed by atoms with Gasteiger partial charge in [0.25, 0.3) is 5.91 Å². The van der Waals surface area contributed by atoms with Crippen molar-refractivity contribution in [1.82, 2.24) is 10.3 Å². The van der Waals surface area contributed by atoms with Gasteiger partial charge in [-0.25, -0.2) is 4.39 Å². The van der Waals surface area contributed by atoms with E-state index in [0.29, 0.717) is 23.1 Å². The monoisotopic (exact) mass is 220 g/mol. The van der Waals surface area contributed by atoms with E-state index in [-0.39, 0.29) is 11.7 Å². The Labute approximate surface area is 92.7 Å². The molecule has 84 valence electrons. The van der Waals surface area contributed by atoms with Crippen LogP contribution in [0.25, 0.3) is 10.9 Å². The molecule has 0 fully saturated rings. The van der Waals surface area contributed by atoms with Gasteiger partial charge in [-0.15, -0.1) is 0 Å². The van der Waals surface area contributed by atoms with E-state index >= 15 is 0 Å². The van der Waals surface area contributed by atoms with Gasteiger partial charge in [0.05, 0.1) is 0 Å². The number of H-pyrrole nitrogens is 1. The van der Waals surface area contributed by atoms with Crippen LogP contribution in [0, 0.1) is 5.82 Å². The molecule has 0 aliphatic heterocycles. The van der Waals surface area contributed by atoms with Gasteiger partial charge in [0.2, 0.25) is 0 Å². The second kappa shape index (κ2) is 4.35. The number of hydrogen-bond donors (Lipinski definition) is 2. The summed E-state index contributed by atoms with van der Waals surface area (Å²) in [5, 5.41) is 3.18. The number of carbonyl (C=O) groups is 1. The lowest BCUT2D eigenvalue weighted by atomic mass is 10.2. The highest BCUT2D eigenvalue weighted by Crippen LogP contribution is 2.18. The van der Waals surface area contributed by atoms with Crippen LogP contribution in [0.2, 0.25) is 0 Å². The quantitative estimate of drug-likeness (QED) is 0.819. The van der Waals surface area contributed by atoms with Crippen molar-refractivity contribution in [1.29, 1.82) is 0 Å². The van der Waals surface area contributed by atoms with Gasteiger partial charge in [0.1, 0.15) is 11.5 Å². The molecule has 0 atom stereocenters. The van der Waals surface area contributed by atoms with Crippen LogP contribution in [0.3, 0.4) is 0 Å². The Morgan fingerprint density at radius 1 is 1.50 bits per heavy atom. The summed E-state index contributed by atoms with van der Waals surface area (Å²) < 4.78 is 13.4. The summed E-state index contributed by atoms with van der Waals surface area (Å²) in [6, 6.07) is 6.27. The maximum atomic E-state index is 13.4. The summed E-state index contributed by atoms with van der Waals surface area (Å²) in [5.41, 5.74) is 1.04. The first kappa shape index (κ1) is 10.7. The fourth-order valence-electron chi connectivity index (χ4n) is 1.57. The predicted octanol–water partition coefficient (Wildman–Crippen LogP) is 2.45. The number of carbonyl (C=O) groups excluding carboxylic acids is 1. The van der Waals surface area contributed by atoms with Crippen molar-refractivity contribution < 1.29 is 9.18 Å². The highest BCUT2D eigenvalue weighted by molar-refractivity contribution is 5.98. The second-order valence-corrected chi connectivity index (χ2v) is 3.64. The minimum Gasteiger partial charge on any atom is -0.351 e. The molecule has 0 unspecified atom stereocenters. The van der Waals surface area contributed by atoms with E-state index in [2.05, 4.69) is 10.3 Å². The standard InChI is InChI=1S/C12H13FN2O/c1-2-6-14-12(16)11-7-8-9(13)4-3-5-10(8)15-11/h3-5,7,15H,2,6H2,1H3,(H,14,16). The van der Waals surface area contributed by atoms with Crippen molar-refractivity contribution in [3.8, 4) is 0 Å². The van der Waals surface area contributed by atoms with E-state index in [4.69, 9.17) is 0 Å². The van der Waals surface area contributed by atoms with E-state index in [0.717, 1.165) is 6.42 Å². The normalized spacial score (nSPS) is 10.6. The number of aromatic amines is 1. The van der Waals surface area contributed by atoms with Crippen molar-refractivity contribution >= 4 is 16.8 Å². The lowest BCUT2D eigenvalue weighted by Gasteiger charge is -1.99. The maximum Gasteiger partial charge on any atom is 0.267 e. The van der Waals surface area contributed by atoms with Crippen molar-refractivity contribution in [2.24, 2.45) is 0 Å². The van der Waals surface area contributed by atoms with Gasteiger partial charge in [-0.1, -0.05) is 13.0 Å². The molecule has 2 rings (SSSR count). The molecule has 0 spiro atoms. The van der Waals surface area contributed by atoms with Gasteiger partial charge in [0.15, 0.2) is 0 Å². The molecule has 0 aliphatic rings. The third-order valence-electron chi connectivity index (χ3n) is 2.39. The van der Waals surface area contributed by atoms with Gasteiger partial charge < -0.3 is 10.3 Å². The molecule has 1 aromatic carbocycles. The summed E-state index contributed by atoms with van der Waals surface area (Å²) in [5.74, 6) is -0.513. The van der Waals surface area contributed by atoms with E-state index < -0.39 is 0 Å². The van der Waals surface area contributed by atoms with Crippen molar-refractivity contribution in [3.63, 3.8) is 0 Å². The molecule has 0 aliphatic carbocycles. The number of nitrogens with one attached hydrogen (secondary N) is 2. The maximum absolute atomic E-state index is 13.4. The number of halogens is 1. The Hall–Kier alpha value is -1.84. The smallest absolute Gasteiger partial charge is 0.267 e. The molecule has 0 radical (unpaired) electrons. The molecule has 1 aromatic heterocycles. The van der Waals surface area contributed by atoms with Crippen molar-refractivity contribution in [3.05, 3.63) is 35.8 Å². The second-order valence-electron chi connectivity index (χ2n) is 3.64. The van der Waals surface area contributed by atoms with Crippen LogP contribution in [0.15, 0.2) is 24.3 Å². The highest BCUT2D eigenvalue weighted by atomic mass is 19.1. The molecule has 0 saturated carbocycles. The fourth-order valence-corrected chi connectivity index (χ4v) is 1.57. The number of rotatable bonds is 3. The molecule has 2 aromatic rings. The summed E-state index contributed by atoms with van der Waals surface area (Å²) in [4.78, 5) is 14.5. The van der Waals surface area contributed by atoms with Crippen LogP contribution in [0.5, 0.6) is 0 Å². The number of aromatic nitrogens is 1.